The Balaban J connectivity index is 1.51. The van der Waals surface area contributed by atoms with E-state index in [9.17, 15) is 9.59 Å². The second kappa shape index (κ2) is 9.67. The first-order chi connectivity index (χ1) is 15.8. The highest BCUT2D eigenvalue weighted by Gasteiger charge is 2.26. The molecule has 3 aromatic carbocycles. The largest absolute Gasteiger partial charge is 0.496 e. The van der Waals surface area contributed by atoms with Crippen molar-refractivity contribution in [1.29, 1.82) is 0 Å². The van der Waals surface area contributed by atoms with Gasteiger partial charge in [-0.25, -0.2) is 14.6 Å². The third kappa shape index (κ3) is 5.20. The summed E-state index contributed by atoms with van der Waals surface area (Å²) in [5.41, 5.74) is 1.49. The normalized spacial score (nSPS) is 14.1. The van der Waals surface area contributed by atoms with Crippen LogP contribution >= 0.6 is 34.8 Å². The van der Waals surface area contributed by atoms with E-state index in [1.165, 1.54) is 25.3 Å². The fraction of sp³-hybridized carbons (Fsp3) is 0.0417. The van der Waals surface area contributed by atoms with Crippen LogP contribution in [0.4, 0.5) is 0 Å². The molecule has 0 saturated heterocycles. The van der Waals surface area contributed by atoms with Gasteiger partial charge in [-0.1, -0.05) is 46.9 Å². The maximum absolute atomic E-state index is 12.3. The summed E-state index contributed by atoms with van der Waals surface area (Å²) in [6.45, 7) is 0. The van der Waals surface area contributed by atoms with E-state index in [0.29, 0.717) is 32.7 Å². The second-order valence-corrected chi connectivity index (χ2v) is 8.02. The van der Waals surface area contributed by atoms with Gasteiger partial charge in [-0.05, 0) is 60.2 Å². The zero-order chi connectivity index (χ0) is 23.5. The van der Waals surface area contributed by atoms with Crippen molar-refractivity contribution in [2.45, 2.75) is 0 Å². The number of ether oxygens (including phenoxy) is 3. The van der Waals surface area contributed by atoms with Gasteiger partial charge in [0.15, 0.2) is 5.70 Å². The summed E-state index contributed by atoms with van der Waals surface area (Å²) >= 11 is 17.9. The molecule has 1 aliphatic rings. The fourth-order valence-electron chi connectivity index (χ4n) is 2.95. The molecule has 0 atom stereocenters. The predicted molar refractivity (Wildman–Crippen MR) is 126 cm³/mol. The number of hydrogen-bond acceptors (Lipinski definition) is 6. The van der Waals surface area contributed by atoms with Gasteiger partial charge in [0.05, 0.1) is 28.3 Å². The predicted octanol–water partition coefficient (Wildman–Crippen LogP) is 6.22. The molecule has 0 aromatic heterocycles. The van der Waals surface area contributed by atoms with Gasteiger partial charge in [0.25, 0.3) is 0 Å². The van der Waals surface area contributed by atoms with Crippen molar-refractivity contribution in [2.75, 3.05) is 7.11 Å². The topological polar surface area (TPSA) is 74.2 Å². The average molecular weight is 503 g/mol. The summed E-state index contributed by atoms with van der Waals surface area (Å²) in [6, 6.07) is 15.9. The van der Waals surface area contributed by atoms with E-state index in [1.54, 1.807) is 48.5 Å². The van der Waals surface area contributed by atoms with Gasteiger partial charge < -0.3 is 14.2 Å². The molecule has 0 fully saturated rings. The summed E-state index contributed by atoms with van der Waals surface area (Å²) in [4.78, 5) is 28.9. The van der Waals surface area contributed by atoms with E-state index in [2.05, 4.69) is 4.99 Å². The number of carbonyl (C=O) groups is 2. The van der Waals surface area contributed by atoms with Crippen LogP contribution in [0.3, 0.4) is 0 Å². The van der Waals surface area contributed by atoms with Crippen molar-refractivity contribution >= 4 is 58.7 Å². The molecule has 3 aromatic rings. The van der Waals surface area contributed by atoms with Gasteiger partial charge in [-0.2, -0.15) is 0 Å². The Kier molecular flexibility index (Phi) is 6.70. The number of cyclic esters (lactones) is 1. The van der Waals surface area contributed by atoms with Crippen molar-refractivity contribution in [3.05, 3.63) is 98.1 Å². The summed E-state index contributed by atoms with van der Waals surface area (Å²) in [5, 5.41) is 1.05. The van der Waals surface area contributed by atoms with E-state index in [0.717, 1.165) is 0 Å². The summed E-state index contributed by atoms with van der Waals surface area (Å²) in [7, 11) is 1.50. The fourth-order valence-corrected chi connectivity index (χ4v) is 3.42. The maximum atomic E-state index is 12.3. The molecule has 33 heavy (non-hydrogen) atoms. The first-order valence-corrected chi connectivity index (χ1v) is 10.6. The first-order valence-electron chi connectivity index (χ1n) is 9.48. The molecular formula is C24H14Cl3NO5. The highest BCUT2D eigenvalue weighted by Crippen LogP contribution is 2.28. The van der Waals surface area contributed by atoms with Crippen molar-refractivity contribution < 1.29 is 23.8 Å². The minimum atomic E-state index is -0.609. The number of rotatable bonds is 5. The average Bonchev–Trinajstić information content (AvgIpc) is 3.16. The number of nitrogens with zero attached hydrogens (tertiary/aromatic N) is 1. The van der Waals surface area contributed by atoms with E-state index < -0.39 is 11.9 Å². The molecule has 1 heterocycles. The van der Waals surface area contributed by atoms with Crippen LogP contribution in [0.25, 0.3) is 6.08 Å². The molecule has 0 saturated carbocycles. The van der Waals surface area contributed by atoms with Crippen molar-refractivity contribution in [2.24, 2.45) is 4.99 Å². The quantitative estimate of drug-likeness (QED) is 0.235. The van der Waals surface area contributed by atoms with Crippen LogP contribution in [0.5, 0.6) is 11.5 Å². The lowest BCUT2D eigenvalue weighted by Gasteiger charge is -2.07. The van der Waals surface area contributed by atoms with E-state index in [1.807, 2.05) is 0 Å². The summed E-state index contributed by atoms with van der Waals surface area (Å²) in [6.07, 6.45) is 1.55. The van der Waals surface area contributed by atoms with Crippen LogP contribution in [0.2, 0.25) is 15.1 Å². The van der Waals surface area contributed by atoms with E-state index in [-0.39, 0.29) is 22.2 Å². The van der Waals surface area contributed by atoms with E-state index in [4.69, 9.17) is 49.0 Å². The van der Waals surface area contributed by atoms with E-state index >= 15 is 0 Å². The lowest BCUT2D eigenvalue weighted by Crippen LogP contribution is -2.08. The summed E-state index contributed by atoms with van der Waals surface area (Å²) in [5.74, 6) is -0.306. The van der Waals surface area contributed by atoms with Crippen LogP contribution in [0, 0.1) is 0 Å². The van der Waals surface area contributed by atoms with Crippen molar-refractivity contribution in [1.82, 2.24) is 0 Å². The van der Waals surface area contributed by atoms with Crippen molar-refractivity contribution in [3.63, 3.8) is 0 Å². The minimum absolute atomic E-state index is 0.0952. The third-order valence-electron chi connectivity index (χ3n) is 4.56. The number of halogens is 3. The second-order valence-electron chi connectivity index (χ2n) is 6.77. The van der Waals surface area contributed by atoms with Crippen LogP contribution < -0.4 is 9.47 Å². The number of methoxy groups -OCH3 is 1. The van der Waals surface area contributed by atoms with Gasteiger partial charge in [0.2, 0.25) is 5.90 Å². The Labute approximate surface area is 204 Å². The molecule has 1 aliphatic heterocycles. The number of benzene rings is 3. The van der Waals surface area contributed by atoms with Gasteiger partial charge in [-0.15, -0.1) is 0 Å². The van der Waals surface area contributed by atoms with Gasteiger partial charge in [-0.3, -0.25) is 0 Å². The van der Waals surface area contributed by atoms with Crippen LogP contribution in [-0.2, 0) is 9.53 Å². The van der Waals surface area contributed by atoms with Crippen LogP contribution in [0.15, 0.2) is 71.4 Å². The highest BCUT2D eigenvalue weighted by molar-refractivity contribution is 6.42. The lowest BCUT2D eigenvalue weighted by atomic mass is 10.2. The Morgan fingerprint density at radius 2 is 1.73 bits per heavy atom. The lowest BCUT2D eigenvalue weighted by molar-refractivity contribution is -0.129. The molecule has 0 amide bonds. The van der Waals surface area contributed by atoms with Crippen LogP contribution in [-0.4, -0.2) is 24.9 Å². The molecule has 0 radical (unpaired) electrons. The molecule has 4 rings (SSSR count). The zero-order valence-corrected chi connectivity index (χ0v) is 19.2. The van der Waals surface area contributed by atoms with Gasteiger partial charge >= 0.3 is 11.9 Å². The van der Waals surface area contributed by atoms with Crippen LogP contribution in [0.1, 0.15) is 21.5 Å². The number of hydrogen-bond donors (Lipinski definition) is 0. The monoisotopic (exact) mass is 501 g/mol. The Morgan fingerprint density at radius 1 is 0.970 bits per heavy atom. The molecule has 0 unspecified atom stereocenters. The zero-order valence-electron chi connectivity index (χ0n) is 17.0. The molecule has 166 valence electrons. The van der Waals surface area contributed by atoms with Gasteiger partial charge in [0.1, 0.15) is 11.5 Å². The molecule has 0 aliphatic carbocycles. The Hall–Kier alpha value is -3.32. The van der Waals surface area contributed by atoms with Crippen molar-refractivity contribution in [3.8, 4) is 11.5 Å². The summed E-state index contributed by atoms with van der Waals surface area (Å²) < 4.78 is 15.9. The molecule has 0 N–H and O–H groups in total. The highest BCUT2D eigenvalue weighted by atomic mass is 35.5. The first kappa shape index (κ1) is 22.9. The molecule has 9 heteroatoms. The minimum Gasteiger partial charge on any atom is -0.496 e. The number of carbonyl (C=O) groups excluding carboxylic acids is 2. The molecular weight excluding hydrogens is 489 g/mol. The van der Waals surface area contributed by atoms with Gasteiger partial charge in [0, 0.05) is 5.02 Å². The maximum Gasteiger partial charge on any atom is 0.363 e. The SMILES string of the molecule is COc1ccc(Cl)cc1C1=N/C(=C\c2ccc(OC(=O)c3ccc(Cl)c(Cl)c3)cc2)C(=O)O1. The Bertz CT molecular complexity index is 1320. The molecule has 0 bridgehead atoms. The number of aliphatic imine (C=N–C) groups is 1. The molecule has 6 nitrogen and oxygen atoms in total. The standard InChI is InChI=1S/C24H14Cl3NO5/c1-31-21-9-5-15(25)12-17(21)22-28-20(24(30)33-22)10-13-2-6-16(7-3-13)32-23(29)14-4-8-18(26)19(27)11-14/h2-12H,1H3/b20-10-. The Morgan fingerprint density at radius 3 is 2.42 bits per heavy atom. The smallest absolute Gasteiger partial charge is 0.363 e. The third-order valence-corrected chi connectivity index (χ3v) is 5.54. The molecule has 0 spiro atoms. The number of esters is 2.